The highest BCUT2D eigenvalue weighted by atomic mass is 16.3. The van der Waals surface area contributed by atoms with Gasteiger partial charge in [0.25, 0.3) is 0 Å². The molecule has 6 aromatic rings. The number of aliphatic hydroxyl groups excluding tert-OH is 1. The molecule has 234 valence electrons. The van der Waals surface area contributed by atoms with Crippen LogP contribution in [0.5, 0.6) is 0 Å². The first kappa shape index (κ1) is 32.0. The van der Waals surface area contributed by atoms with Crippen LogP contribution in [0, 0.1) is 6.92 Å². The predicted octanol–water partition coefficient (Wildman–Crippen LogP) is 12.0. The Balaban J connectivity index is 1.24. The highest BCUT2D eigenvalue weighted by Gasteiger charge is 2.12. The highest BCUT2D eigenvalue weighted by Crippen LogP contribution is 2.35. The monoisotopic (exact) mass is 621 g/mol. The number of allylic oxidation sites excluding steroid dienone is 2. The van der Waals surface area contributed by atoms with Crippen LogP contribution in [0.4, 0.5) is 17.1 Å². The lowest BCUT2D eigenvalue weighted by Crippen LogP contribution is -2.09. The van der Waals surface area contributed by atoms with E-state index in [2.05, 4.69) is 170 Å². The Hall–Kier alpha value is -5.96. The average molecular weight is 622 g/mol. The average Bonchev–Trinajstić information content (AvgIpc) is 3.15. The van der Waals surface area contributed by atoms with Gasteiger partial charge in [-0.05, 0) is 82.3 Å². The summed E-state index contributed by atoms with van der Waals surface area (Å²) in [5.41, 5.74) is 12.3. The largest absolute Gasteiger partial charge is 0.392 e. The maximum Gasteiger partial charge on any atom is 0.0681 e. The molecule has 2 heteroatoms. The molecule has 6 rings (SSSR count). The van der Waals surface area contributed by atoms with E-state index in [0.717, 1.165) is 44.9 Å². The van der Waals surface area contributed by atoms with Crippen LogP contribution in [0.15, 0.2) is 164 Å². The Morgan fingerprint density at radius 3 is 1.12 bits per heavy atom. The summed E-state index contributed by atoms with van der Waals surface area (Å²) in [4.78, 5) is 2.29. The van der Waals surface area contributed by atoms with Crippen LogP contribution in [0.3, 0.4) is 0 Å². The smallest absolute Gasteiger partial charge is 0.0681 e. The molecule has 0 unspecified atom stereocenters. The lowest BCUT2D eigenvalue weighted by molar-refractivity contribution is 0.282. The van der Waals surface area contributed by atoms with Crippen molar-refractivity contribution in [1.29, 1.82) is 0 Å². The second kappa shape index (κ2) is 16.0. The van der Waals surface area contributed by atoms with E-state index in [0.29, 0.717) is 0 Å². The molecule has 0 saturated heterocycles. The normalized spacial score (nSPS) is 11.7. The maximum atomic E-state index is 9.32. The summed E-state index contributed by atoms with van der Waals surface area (Å²) in [6.45, 7) is 2.16. The van der Waals surface area contributed by atoms with Gasteiger partial charge >= 0.3 is 0 Å². The number of nitrogens with zero attached hydrogens (tertiary/aromatic N) is 1. The van der Waals surface area contributed by atoms with Crippen LogP contribution in [0.25, 0.3) is 36.5 Å². The van der Waals surface area contributed by atoms with Crippen molar-refractivity contribution in [1.82, 2.24) is 0 Å². The van der Waals surface area contributed by atoms with Gasteiger partial charge in [0.1, 0.15) is 0 Å². The lowest BCUT2D eigenvalue weighted by atomic mass is 10.1. The first-order valence-electron chi connectivity index (χ1n) is 16.3. The number of anilines is 3. The Morgan fingerprint density at radius 1 is 0.396 bits per heavy atom. The Morgan fingerprint density at radius 2 is 0.729 bits per heavy atom. The molecule has 0 fully saturated rings. The summed E-state index contributed by atoms with van der Waals surface area (Å²) in [7, 11) is 0. The van der Waals surface area contributed by atoms with Gasteiger partial charge < -0.3 is 10.0 Å². The van der Waals surface area contributed by atoms with E-state index in [9.17, 15) is 5.11 Å². The van der Waals surface area contributed by atoms with Crippen LogP contribution in [0.2, 0.25) is 0 Å². The quantitative estimate of drug-likeness (QED) is 0.115. The molecule has 0 aliphatic rings. The van der Waals surface area contributed by atoms with Crippen molar-refractivity contribution >= 4 is 53.5 Å². The van der Waals surface area contributed by atoms with Crippen LogP contribution in [0.1, 0.15) is 44.5 Å². The third kappa shape index (κ3) is 8.85. The van der Waals surface area contributed by atoms with Gasteiger partial charge in [-0.3, -0.25) is 0 Å². The fourth-order valence-electron chi connectivity index (χ4n) is 5.34. The zero-order valence-corrected chi connectivity index (χ0v) is 27.2. The molecular weight excluding hydrogens is 583 g/mol. The molecule has 0 amide bonds. The first-order chi connectivity index (χ1) is 23.6. The molecule has 1 N–H and O–H groups in total. The molecule has 0 aliphatic carbocycles. The van der Waals surface area contributed by atoms with Gasteiger partial charge in [0.2, 0.25) is 0 Å². The van der Waals surface area contributed by atoms with Crippen LogP contribution >= 0.6 is 0 Å². The number of aryl methyl sites for hydroxylation is 1. The Kier molecular flexibility index (Phi) is 10.7. The fourth-order valence-corrected chi connectivity index (χ4v) is 5.34. The molecule has 2 nitrogen and oxygen atoms in total. The molecule has 6 aromatic carbocycles. The standard InChI is InChI=1S/C46H39NO/c1-36-11-13-39(14-12-36)15-17-41-25-31-45(32-26-41)47(44-29-23-38(24-30-44)10-6-5-9-37-7-3-2-4-8-37)46-33-27-42(28-34-46)18-16-40-19-21-43(35-48)22-20-40/h2-34,48H,35H2,1H3/b9-5+,10-6+,17-15+,18-16+. The van der Waals surface area contributed by atoms with E-state index in [4.69, 9.17) is 0 Å². The molecule has 0 aliphatic heterocycles. The Labute approximate surface area is 284 Å². The van der Waals surface area contributed by atoms with Gasteiger partial charge in [0.05, 0.1) is 6.61 Å². The Bertz CT molecular complexity index is 2000. The molecule has 0 spiro atoms. The number of rotatable bonds is 11. The molecule has 0 radical (unpaired) electrons. The van der Waals surface area contributed by atoms with E-state index in [1.807, 2.05) is 42.5 Å². The van der Waals surface area contributed by atoms with Gasteiger partial charge in [-0.25, -0.2) is 0 Å². The van der Waals surface area contributed by atoms with E-state index in [1.54, 1.807) is 0 Å². The van der Waals surface area contributed by atoms with Gasteiger partial charge in [0.15, 0.2) is 0 Å². The SMILES string of the molecule is Cc1ccc(/C=C/c2ccc(N(c3ccc(/C=C/C=C/c4ccccc4)cc3)c3ccc(/C=C/c4ccc(CO)cc4)cc3)cc2)cc1. The molecule has 0 atom stereocenters. The van der Waals surface area contributed by atoms with Crippen molar-refractivity contribution in [3.8, 4) is 0 Å². The van der Waals surface area contributed by atoms with E-state index >= 15 is 0 Å². The number of hydrogen-bond donors (Lipinski definition) is 1. The van der Waals surface area contributed by atoms with Crippen LogP contribution in [-0.2, 0) is 6.61 Å². The number of benzene rings is 6. The summed E-state index contributed by atoms with van der Waals surface area (Å²) in [6.07, 6.45) is 16.9. The van der Waals surface area contributed by atoms with E-state index < -0.39 is 0 Å². The first-order valence-corrected chi connectivity index (χ1v) is 16.3. The molecular formula is C46H39NO. The summed E-state index contributed by atoms with van der Waals surface area (Å²) in [5.74, 6) is 0. The van der Waals surface area contributed by atoms with E-state index in [-0.39, 0.29) is 6.61 Å². The van der Waals surface area contributed by atoms with Crippen LogP contribution in [-0.4, -0.2) is 5.11 Å². The van der Waals surface area contributed by atoms with Gasteiger partial charge in [-0.2, -0.15) is 0 Å². The van der Waals surface area contributed by atoms with E-state index in [1.165, 1.54) is 16.7 Å². The minimum Gasteiger partial charge on any atom is -0.392 e. The van der Waals surface area contributed by atoms with Crippen LogP contribution < -0.4 is 4.90 Å². The lowest BCUT2D eigenvalue weighted by Gasteiger charge is -2.26. The molecule has 0 aromatic heterocycles. The molecule has 48 heavy (non-hydrogen) atoms. The topological polar surface area (TPSA) is 23.5 Å². The molecule has 0 saturated carbocycles. The summed E-state index contributed by atoms with van der Waals surface area (Å²) < 4.78 is 0. The van der Waals surface area contributed by atoms with Crippen molar-refractivity contribution in [3.63, 3.8) is 0 Å². The third-order valence-electron chi connectivity index (χ3n) is 8.12. The molecule has 0 bridgehead atoms. The summed E-state index contributed by atoms with van der Waals surface area (Å²) in [6, 6.07) is 52.8. The van der Waals surface area contributed by atoms with Crippen molar-refractivity contribution in [2.24, 2.45) is 0 Å². The zero-order valence-electron chi connectivity index (χ0n) is 27.2. The van der Waals surface area contributed by atoms with Gasteiger partial charge in [0, 0.05) is 17.1 Å². The molecule has 0 heterocycles. The van der Waals surface area contributed by atoms with Crippen molar-refractivity contribution in [2.45, 2.75) is 13.5 Å². The second-order valence-electron chi connectivity index (χ2n) is 11.7. The number of aliphatic hydroxyl groups is 1. The minimum absolute atomic E-state index is 0.0559. The fraction of sp³-hybridized carbons (Fsp3) is 0.0435. The summed E-state index contributed by atoms with van der Waals surface area (Å²) in [5, 5.41) is 9.32. The van der Waals surface area contributed by atoms with Gasteiger partial charge in [-0.1, -0.05) is 169 Å². The maximum absolute atomic E-state index is 9.32. The predicted molar refractivity (Wildman–Crippen MR) is 207 cm³/mol. The minimum atomic E-state index is 0.0559. The van der Waals surface area contributed by atoms with Crippen molar-refractivity contribution in [3.05, 3.63) is 208 Å². The highest BCUT2D eigenvalue weighted by molar-refractivity contribution is 5.80. The van der Waals surface area contributed by atoms with Gasteiger partial charge in [-0.15, -0.1) is 0 Å². The zero-order chi connectivity index (χ0) is 33.0. The van der Waals surface area contributed by atoms with Crippen molar-refractivity contribution < 1.29 is 5.11 Å². The summed E-state index contributed by atoms with van der Waals surface area (Å²) >= 11 is 0. The number of hydrogen-bond acceptors (Lipinski definition) is 2. The van der Waals surface area contributed by atoms with Crippen molar-refractivity contribution in [2.75, 3.05) is 4.90 Å². The second-order valence-corrected chi connectivity index (χ2v) is 11.7. The third-order valence-corrected chi connectivity index (χ3v) is 8.12.